The second kappa shape index (κ2) is 6.62. The van der Waals surface area contributed by atoms with Gasteiger partial charge in [-0.05, 0) is 12.1 Å². The van der Waals surface area contributed by atoms with Crippen LogP contribution in [0, 0.1) is 0 Å². The molecule has 0 bridgehead atoms. The highest BCUT2D eigenvalue weighted by Crippen LogP contribution is 2.27. The average Bonchev–Trinajstić information content (AvgIpc) is 3.06. The Hall–Kier alpha value is -0.660. The fourth-order valence-electron chi connectivity index (χ4n) is 2.78. The van der Waals surface area contributed by atoms with Gasteiger partial charge in [0.1, 0.15) is 5.60 Å². The lowest BCUT2D eigenvalue weighted by Gasteiger charge is -2.39. The van der Waals surface area contributed by atoms with E-state index in [1.165, 1.54) is 11.3 Å². The van der Waals surface area contributed by atoms with Gasteiger partial charge in [0.25, 0.3) is 0 Å². The number of hydrogen-bond donors (Lipinski definition) is 1. The molecule has 1 N–H and O–H groups in total. The Kier molecular flexibility index (Phi) is 4.81. The van der Waals surface area contributed by atoms with Gasteiger partial charge >= 0.3 is 0 Å². The summed E-state index contributed by atoms with van der Waals surface area (Å²) in [5.41, 5.74) is -0.195. The van der Waals surface area contributed by atoms with E-state index in [-0.39, 0.29) is 11.5 Å². The van der Waals surface area contributed by atoms with E-state index in [0.717, 1.165) is 35.3 Å². The van der Waals surface area contributed by atoms with Crippen LogP contribution in [-0.2, 0) is 20.8 Å². The van der Waals surface area contributed by atoms with Crippen molar-refractivity contribution in [1.29, 1.82) is 0 Å². The molecular weight excluding hydrogens is 312 g/mol. The fraction of sp³-hybridized carbons (Fsp3) is 0.643. The van der Waals surface area contributed by atoms with Crippen LogP contribution >= 0.6 is 22.9 Å². The van der Waals surface area contributed by atoms with Crippen LogP contribution in [0.15, 0.2) is 12.1 Å². The Bertz CT molecular complexity index is 502. The van der Waals surface area contributed by atoms with Crippen LogP contribution in [0.1, 0.15) is 11.3 Å². The summed E-state index contributed by atoms with van der Waals surface area (Å²) in [5, 5.41) is 2.94. The number of nitrogens with one attached hydrogen (secondary N) is 1. The van der Waals surface area contributed by atoms with Crippen LogP contribution in [0.4, 0.5) is 0 Å². The molecule has 2 fully saturated rings. The first-order valence-electron chi connectivity index (χ1n) is 7.10. The molecule has 1 amide bonds. The highest BCUT2D eigenvalue weighted by Gasteiger charge is 2.40. The molecule has 2 aliphatic rings. The number of thiophene rings is 1. The number of hydrogen-bond acceptors (Lipinski definition) is 5. The van der Waals surface area contributed by atoms with Crippen LogP contribution in [0.5, 0.6) is 0 Å². The molecule has 0 saturated carbocycles. The molecule has 0 aromatic carbocycles. The molecule has 0 aliphatic carbocycles. The Morgan fingerprint density at radius 1 is 1.48 bits per heavy atom. The summed E-state index contributed by atoms with van der Waals surface area (Å²) >= 11 is 7.36. The van der Waals surface area contributed by atoms with Crippen molar-refractivity contribution in [3.05, 3.63) is 21.3 Å². The van der Waals surface area contributed by atoms with Gasteiger partial charge in [0, 0.05) is 31.0 Å². The van der Waals surface area contributed by atoms with E-state index in [0.29, 0.717) is 26.3 Å². The topological polar surface area (TPSA) is 50.8 Å². The van der Waals surface area contributed by atoms with Crippen molar-refractivity contribution in [2.24, 2.45) is 0 Å². The van der Waals surface area contributed by atoms with E-state index < -0.39 is 0 Å². The first-order chi connectivity index (χ1) is 10.2. The highest BCUT2D eigenvalue weighted by molar-refractivity contribution is 7.16. The highest BCUT2D eigenvalue weighted by atomic mass is 35.5. The molecule has 2 saturated heterocycles. The van der Waals surface area contributed by atoms with Crippen LogP contribution in [-0.4, -0.2) is 55.9 Å². The molecule has 3 heterocycles. The van der Waals surface area contributed by atoms with Gasteiger partial charge in [0.2, 0.25) is 5.91 Å². The normalized spacial score (nSPS) is 26.3. The molecule has 1 unspecified atom stereocenters. The predicted octanol–water partition coefficient (Wildman–Crippen LogP) is 1.51. The Morgan fingerprint density at radius 2 is 2.38 bits per heavy atom. The maximum atomic E-state index is 12.0. The second-order valence-corrected chi connectivity index (χ2v) is 7.33. The number of carbonyl (C=O) groups excluding carboxylic acids is 1. The van der Waals surface area contributed by atoms with Crippen molar-refractivity contribution in [3.63, 3.8) is 0 Å². The van der Waals surface area contributed by atoms with Gasteiger partial charge < -0.3 is 14.8 Å². The van der Waals surface area contributed by atoms with Crippen molar-refractivity contribution < 1.29 is 14.3 Å². The minimum absolute atomic E-state index is 0.0375. The van der Waals surface area contributed by atoms with E-state index >= 15 is 0 Å². The molecule has 2 aliphatic heterocycles. The first-order valence-corrected chi connectivity index (χ1v) is 8.30. The van der Waals surface area contributed by atoms with E-state index in [1.807, 2.05) is 12.1 Å². The zero-order valence-corrected chi connectivity index (χ0v) is 13.3. The third kappa shape index (κ3) is 3.96. The number of amides is 1. The summed E-state index contributed by atoms with van der Waals surface area (Å²) in [6, 6.07) is 3.78. The number of carbonyl (C=O) groups is 1. The molecule has 1 atom stereocenters. The molecule has 1 aromatic heterocycles. The molecule has 3 rings (SSSR count). The van der Waals surface area contributed by atoms with Crippen LogP contribution in [0.3, 0.4) is 0 Å². The summed E-state index contributed by atoms with van der Waals surface area (Å²) in [4.78, 5) is 15.3. The van der Waals surface area contributed by atoms with Gasteiger partial charge in [-0.1, -0.05) is 11.6 Å². The van der Waals surface area contributed by atoms with Gasteiger partial charge in [-0.2, -0.15) is 0 Å². The molecule has 7 heteroatoms. The Labute approximate surface area is 133 Å². The minimum atomic E-state index is -0.195. The standard InChI is InChI=1S/C14H19ClN2O3S/c15-12-2-1-11(21-12)7-16-13(18)8-17-4-6-20-14(9-17)3-5-19-10-14/h1-2H,3-10H2,(H,16,18). The summed E-state index contributed by atoms with van der Waals surface area (Å²) in [6.07, 6.45) is 0.915. The lowest BCUT2D eigenvalue weighted by molar-refractivity contribution is -0.131. The summed E-state index contributed by atoms with van der Waals surface area (Å²) in [7, 11) is 0. The van der Waals surface area contributed by atoms with Crippen molar-refractivity contribution in [2.45, 2.75) is 18.6 Å². The second-order valence-electron chi connectivity index (χ2n) is 5.53. The summed E-state index contributed by atoms with van der Waals surface area (Å²) < 4.78 is 12.0. The number of nitrogens with zero attached hydrogens (tertiary/aromatic N) is 1. The lowest BCUT2D eigenvalue weighted by atomic mass is 10.0. The third-order valence-electron chi connectivity index (χ3n) is 3.85. The Morgan fingerprint density at radius 3 is 3.10 bits per heavy atom. The van der Waals surface area contributed by atoms with Gasteiger partial charge in [-0.3, -0.25) is 9.69 Å². The van der Waals surface area contributed by atoms with Crippen molar-refractivity contribution in [2.75, 3.05) is 39.5 Å². The molecule has 5 nitrogen and oxygen atoms in total. The first kappa shape index (κ1) is 15.2. The zero-order valence-electron chi connectivity index (χ0n) is 11.8. The van der Waals surface area contributed by atoms with Gasteiger partial charge in [-0.15, -0.1) is 11.3 Å². The van der Waals surface area contributed by atoms with Crippen LogP contribution < -0.4 is 5.32 Å². The number of halogens is 1. The average molecular weight is 331 g/mol. The lowest BCUT2D eigenvalue weighted by Crippen LogP contribution is -2.54. The maximum Gasteiger partial charge on any atom is 0.234 e. The van der Waals surface area contributed by atoms with E-state index in [1.54, 1.807) is 0 Å². The molecule has 1 spiro atoms. The van der Waals surface area contributed by atoms with E-state index in [4.69, 9.17) is 21.1 Å². The largest absolute Gasteiger partial charge is 0.378 e. The molecular formula is C14H19ClN2O3S. The molecule has 116 valence electrons. The monoisotopic (exact) mass is 330 g/mol. The molecule has 1 aromatic rings. The number of morpholine rings is 1. The van der Waals surface area contributed by atoms with Crippen LogP contribution in [0.25, 0.3) is 0 Å². The third-order valence-corrected chi connectivity index (χ3v) is 5.08. The van der Waals surface area contributed by atoms with E-state index in [2.05, 4.69) is 10.2 Å². The quantitative estimate of drug-likeness (QED) is 0.909. The SMILES string of the molecule is O=C(CN1CCOC2(CCOC2)C1)NCc1ccc(Cl)s1. The number of ether oxygens (including phenoxy) is 2. The van der Waals surface area contributed by atoms with Gasteiger partial charge in [-0.25, -0.2) is 0 Å². The Balaban J connectivity index is 1.46. The maximum absolute atomic E-state index is 12.0. The summed E-state index contributed by atoms with van der Waals surface area (Å²) in [6.45, 7) is 4.56. The fourth-order valence-corrected chi connectivity index (χ4v) is 3.80. The van der Waals surface area contributed by atoms with Crippen LogP contribution in [0.2, 0.25) is 4.34 Å². The number of rotatable bonds is 4. The summed E-state index contributed by atoms with van der Waals surface area (Å²) in [5.74, 6) is 0.0375. The zero-order chi connectivity index (χ0) is 14.7. The molecule has 0 radical (unpaired) electrons. The van der Waals surface area contributed by atoms with Gasteiger partial charge in [0.05, 0.1) is 30.6 Å². The minimum Gasteiger partial charge on any atom is -0.378 e. The van der Waals surface area contributed by atoms with E-state index in [9.17, 15) is 4.79 Å². The van der Waals surface area contributed by atoms with Gasteiger partial charge in [0.15, 0.2) is 0 Å². The van der Waals surface area contributed by atoms with Crippen molar-refractivity contribution in [3.8, 4) is 0 Å². The smallest absolute Gasteiger partial charge is 0.234 e. The molecule has 21 heavy (non-hydrogen) atoms. The van der Waals surface area contributed by atoms with Crippen molar-refractivity contribution in [1.82, 2.24) is 10.2 Å². The predicted molar refractivity (Wildman–Crippen MR) is 81.7 cm³/mol. The van der Waals surface area contributed by atoms with Crippen molar-refractivity contribution >= 4 is 28.8 Å².